The van der Waals surface area contributed by atoms with E-state index in [1.54, 1.807) is 0 Å². The van der Waals surface area contributed by atoms with E-state index in [4.69, 9.17) is 0 Å². The molecule has 1 saturated carbocycles. The molecule has 0 spiro atoms. The number of Topliss-reactive ketones (excluding diaryl/α,β-unsaturated/α-hetero) is 1. The molecular weight excluding hydrogens is 186 g/mol. The Balaban J connectivity index is 1.63. The number of carbonyl (C=O) groups is 1. The Hall–Kier alpha value is -0.370. The van der Waals surface area contributed by atoms with E-state index in [0.717, 1.165) is 37.9 Å². The van der Waals surface area contributed by atoms with Gasteiger partial charge in [0.25, 0.3) is 0 Å². The fourth-order valence-electron chi connectivity index (χ4n) is 2.86. The molecule has 2 aliphatic rings. The number of ketones is 1. The average molecular weight is 209 g/mol. The summed E-state index contributed by atoms with van der Waals surface area (Å²) in [5.74, 6) is 2.33. The second kappa shape index (κ2) is 5.11. The van der Waals surface area contributed by atoms with E-state index in [2.05, 4.69) is 11.8 Å². The van der Waals surface area contributed by atoms with Gasteiger partial charge in [0, 0.05) is 13.0 Å². The summed E-state index contributed by atoms with van der Waals surface area (Å²) in [6.45, 7) is 5.27. The van der Waals surface area contributed by atoms with E-state index in [1.165, 1.54) is 32.1 Å². The SMILES string of the molecule is CC1CCC(CCN2CCC(=O)C2)CC1. The smallest absolute Gasteiger partial charge is 0.148 e. The monoisotopic (exact) mass is 209 g/mol. The Bertz CT molecular complexity index is 219. The Morgan fingerprint density at radius 1 is 1.27 bits per heavy atom. The number of hydrogen-bond acceptors (Lipinski definition) is 2. The molecule has 15 heavy (non-hydrogen) atoms. The minimum Gasteiger partial charge on any atom is -0.298 e. The predicted octanol–water partition coefficient (Wildman–Crippen LogP) is 2.48. The molecule has 1 aliphatic heterocycles. The van der Waals surface area contributed by atoms with Crippen molar-refractivity contribution in [3.8, 4) is 0 Å². The zero-order valence-electron chi connectivity index (χ0n) is 9.87. The lowest BCUT2D eigenvalue weighted by molar-refractivity contribution is -0.116. The summed E-state index contributed by atoms with van der Waals surface area (Å²) in [6.07, 6.45) is 7.79. The lowest BCUT2D eigenvalue weighted by Gasteiger charge is -2.27. The lowest BCUT2D eigenvalue weighted by atomic mass is 9.81. The van der Waals surface area contributed by atoms with Crippen molar-refractivity contribution < 1.29 is 4.79 Å². The maximum Gasteiger partial charge on any atom is 0.148 e. The zero-order valence-corrected chi connectivity index (χ0v) is 9.87. The van der Waals surface area contributed by atoms with Crippen molar-refractivity contribution in [2.24, 2.45) is 11.8 Å². The number of hydrogen-bond donors (Lipinski definition) is 0. The van der Waals surface area contributed by atoms with Crippen LogP contribution in [0.15, 0.2) is 0 Å². The first kappa shape index (κ1) is 11.1. The molecule has 0 N–H and O–H groups in total. The molecule has 2 nitrogen and oxygen atoms in total. The summed E-state index contributed by atoms with van der Waals surface area (Å²) in [6, 6.07) is 0. The summed E-state index contributed by atoms with van der Waals surface area (Å²) >= 11 is 0. The summed E-state index contributed by atoms with van der Waals surface area (Å²) < 4.78 is 0. The molecule has 1 saturated heterocycles. The molecule has 0 radical (unpaired) electrons. The molecule has 2 rings (SSSR count). The molecule has 0 aromatic heterocycles. The minimum absolute atomic E-state index is 0.437. The average Bonchev–Trinajstić information content (AvgIpc) is 2.64. The van der Waals surface area contributed by atoms with Crippen molar-refractivity contribution in [1.82, 2.24) is 4.90 Å². The molecule has 86 valence electrons. The Labute approximate surface area is 93.0 Å². The molecule has 0 aromatic rings. The number of rotatable bonds is 3. The van der Waals surface area contributed by atoms with Gasteiger partial charge in [-0.25, -0.2) is 0 Å². The van der Waals surface area contributed by atoms with Gasteiger partial charge in [-0.15, -0.1) is 0 Å². The highest BCUT2D eigenvalue weighted by Crippen LogP contribution is 2.30. The summed E-state index contributed by atoms with van der Waals surface area (Å²) in [5, 5.41) is 0. The molecular formula is C13H23NO. The van der Waals surface area contributed by atoms with Gasteiger partial charge in [-0.3, -0.25) is 9.69 Å². The van der Waals surface area contributed by atoms with Crippen LogP contribution in [0.25, 0.3) is 0 Å². The summed E-state index contributed by atoms with van der Waals surface area (Å²) in [4.78, 5) is 13.4. The van der Waals surface area contributed by atoms with Gasteiger partial charge < -0.3 is 0 Å². The van der Waals surface area contributed by atoms with E-state index in [1.807, 2.05) is 0 Å². The molecule has 0 amide bonds. The third-order valence-electron chi connectivity index (χ3n) is 4.10. The van der Waals surface area contributed by atoms with Crippen LogP contribution in [-0.4, -0.2) is 30.3 Å². The van der Waals surface area contributed by atoms with Crippen LogP contribution >= 0.6 is 0 Å². The highest BCUT2D eigenvalue weighted by molar-refractivity contribution is 5.82. The largest absolute Gasteiger partial charge is 0.298 e. The van der Waals surface area contributed by atoms with Crippen molar-refractivity contribution >= 4 is 5.78 Å². The first-order valence-electron chi connectivity index (χ1n) is 6.48. The second-order valence-corrected chi connectivity index (χ2v) is 5.48. The molecule has 0 aromatic carbocycles. The number of nitrogens with zero attached hydrogens (tertiary/aromatic N) is 1. The molecule has 0 unspecified atom stereocenters. The Morgan fingerprint density at radius 2 is 2.00 bits per heavy atom. The Morgan fingerprint density at radius 3 is 2.60 bits per heavy atom. The molecule has 0 atom stereocenters. The topological polar surface area (TPSA) is 20.3 Å². The van der Waals surface area contributed by atoms with Crippen LogP contribution < -0.4 is 0 Å². The Kier molecular flexibility index (Phi) is 3.79. The van der Waals surface area contributed by atoms with Crippen LogP contribution in [0, 0.1) is 11.8 Å². The third kappa shape index (κ3) is 3.30. The summed E-state index contributed by atoms with van der Waals surface area (Å²) in [7, 11) is 0. The minimum atomic E-state index is 0.437. The van der Waals surface area contributed by atoms with Crippen LogP contribution in [0.3, 0.4) is 0 Å². The van der Waals surface area contributed by atoms with Crippen molar-refractivity contribution in [2.75, 3.05) is 19.6 Å². The van der Waals surface area contributed by atoms with Gasteiger partial charge in [-0.05, 0) is 24.8 Å². The summed E-state index contributed by atoms with van der Waals surface area (Å²) in [5.41, 5.74) is 0. The molecule has 0 bridgehead atoms. The van der Waals surface area contributed by atoms with Crippen LogP contribution in [-0.2, 0) is 4.79 Å². The van der Waals surface area contributed by atoms with Crippen molar-refractivity contribution in [3.05, 3.63) is 0 Å². The van der Waals surface area contributed by atoms with Gasteiger partial charge in [-0.2, -0.15) is 0 Å². The van der Waals surface area contributed by atoms with Gasteiger partial charge in [0.2, 0.25) is 0 Å². The van der Waals surface area contributed by atoms with Crippen LogP contribution in [0.5, 0.6) is 0 Å². The fraction of sp³-hybridized carbons (Fsp3) is 0.923. The second-order valence-electron chi connectivity index (χ2n) is 5.48. The van der Waals surface area contributed by atoms with Crippen molar-refractivity contribution in [2.45, 2.75) is 45.4 Å². The van der Waals surface area contributed by atoms with E-state index in [9.17, 15) is 4.79 Å². The number of carbonyl (C=O) groups excluding carboxylic acids is 1. The fourth-order valence-corrected chi connectivity index (χ4v) is 2.86. The zero-order chi connectivity index (χ0) is 10.7. The van der Waals surface area contributed by atoms with E-state index in [0.29, 0.717) is 5.78 Å². The predicted molar refractivity (Wildman–Crippen MR) is 61.8 cm³/mol. The first-order chi connectivity index (χ1) is 7.24. The molecule has 2 fully saturated rings. The molecule has 1 aliphatic carbocycles. The maximum absolute atomic E-state index is 11.1. The van der Waals surface area contributed by atoms with E-state index < -0.39 is 0 Å². The lowest BCUT2D eigenvalue weighted by Crippen LogP contribution is -2.25. The van der Waals surface area contributed by atoms with Gasteiger partial charge >= 0.3 is 0 Å². The van der Waals surface area contributed by atoms with E-state index in [-0.39, 0.29) is 0 Å². The van der Waals surface area contributed by atoms with Crippen LogP contribution in [0.2, 0.25) is 0 Å². The van der Waals surface area contributed by atoms with Gasteiger partial charge in [0.1, 0.15) is 5.78 Å². The van der Waals surface area contributed by atoms with E-state index >= 15 is 0 Å². The quantitative estimate of drug-likeness (QED) is 0.711. The highest BCUT2D eigenvalue weighted by Gasteiger charge is 2.22. The number of likely N-dealkylation sites (tertiary alicyclic amines) is 1. The molecule has 1 heterocycles. The van der Waals surface area contributed by atoms with Crippen LogP contribution in [0.4, 0.5) is 0 Å². The van der Waals surface area contributed by atoms with Crippen LogP contribution in [0.1, 0.15) is 45.4 Å². The normalized spacial score (nSPS) is 33.5. The third-order valence-corrected chi connectivity index (χ3v) is 4.10. The van der Waals surface area contributed by atoms with Gasteiger partial charge in [0.05, 0.1) is 6.54 Å². The van der Waals surface area contributed by atoms with Gasteiger partial charge in [-0.1, -0.05) is 32.6 Å². The molecule has 2 heteroatoms. The maximum atomic E-state index is 11.1. The van der Waals surface area contributed by atoms with Crippen molar-refractivity contribution in [3.63, 3.8) is 0 Å². The standard InChI is InChI=1S/C13H23NO/c1-11-2-4-12(5-3-11)6-8-14-9-7-13(15)10-14/h11-12H,2-10H2,1H3. The van der Waals surface area contributed by atoms with Gasteiger partial charge in [0.15, 0.2) is 0 Å². The first-order valence-corrected chi connectivity index (χ1v) is 6.48. The van der Waals surface area contributed by atoms with Crippen molar-refractivity contribution in [1.29, 1.82) is 0 Å². The highest BCUT2D eigenvalue weighted by atomic mass is 16.1.